The first kappa shape index (κ1) is 16.2. The molecule has 0 saturated carbocycles. The van der Waals surface area contributed by atoms with E-state index in [0.29, 0.717) is 6.54 Å². The van der Waals surface area contributed by atoms with Crippen LogP contribution in [0.5, 0.6) is 0 Å². The van der Waals surface area contributed by atoms with Crippen molar-refractivity contribution in [2.45, 2.75) is 33.9 Å². The van der Waals surface area contributed by atoms with Gasteiger partial charge in [0.1, 0.15) is 6.33 Å². The van der Waals surface area contributed by atoms with Crippen molar-refractivity contribution in [3.8, 4) is 11.1 Å². The van der Waals surface area contributed by atoms with Crippen molar-refractivity contribution < 1.29 is 0 Å². The Morgan fingerprint density at radius 1 is 0.833 bits per heavy atom. The van der Waals surface area contributed by atoms with Crippen molar-refractivity contribution in [3.05, 3.63) is 71.3 Å². The lowest BCUT2D eigenvalue weighted by molar-refractivity contribution is 0.668. The zero-order chi connectivity index (χ0) is 16.9. The van der Waals surface area contributed by atoms with E-state index in [1.807, 2.05) is 33.2 Å². The summed E-state index contributed by atoms with van der Waals surface area (Å²) in [4.78, 5) is 17.3. The molecule has 3 rings (SSSR count). The zero-order valence-electron chi connectivity index (χ0n) is 14.2. The van der Waals surface area contributed by atoms with E-state index in [2.05, 4.69) is 49.5 Å². The molecule has 0 aliphatic rings. The van der Waals surface area contributed by atoms with Gasteiger partial charge in [-0.15, -0.1) is 0 Å². The Morgan fingerprint density at radius 2 is 1.58 bits per heavy atom. The van der Waals surface area contributed by atoms with Gasteiger partial charge >= 0.3 is 0 Å². The third-order valence-electron chi connectivity index (χ3n) is 4.02. The molecule has 5 nitrogen and oxygen atoms in total. The van der Waals surface area contributed by atoms with Crippen molar-refractivity contribution in [3.63, 3.8) is 0 Å². The van der Waals surface area contributed by atoms with E-state index in [-0.39, 0.29) is 0 Å². The lowest BCUT2D eigenvalue weighted by Gasteiger charge is -2.10. The Bertz CT molecular complexity index is 830. The molecule has 0 saturated heterocycles. The van der Waals surface area contributed by atoms with E-state index < -0.39 is 0 Å². The van der Waals surface area contributed by atoms with Gasteiger partial charge in [0.05, 0.1) is 22.8 Å². The van der Waals surface area contributed by atoms with Crippen LogP contribution in [0.1, 0.15) is 28.3 Å². The Balaban J connectivity index is 1.66. The predicted octanol–water partition coefficient (Wildman–Crippen LogP) is 3.15. The molecule has 2 heterocycles. The molecule has 0 atom stereocenters. The van der Waals surface area contributed by atoms with Gasteiger partial charge in [0.15, 0.2) is 0 Å². The molecule has 0 amide bonds. The van der Waals surface area contributed by atoms with Crippen LogP contribution in [0.15, 0.2) is 43.0 Å². The number of hydrogen-bond donors (Lipinski definition) is 1. The molecule has 0 fully saturated rings. The number of nitrogens with zero attached hydrogens (tertiary/aromatic N) is 4. The molecular formula is C19H21N5. The average molecular weight is 319 g/mol. The molecule has 0 spiro atoms. The fourth-order valence-electron chi connectivity index (χ4n) is 2.56. The second-order valence-electron chi connectivity index (χ2n) is 5.86. The van der Waals surface area contributed by atoms with Crippen molar-refractivity contribution in [2.24, 2.45) is 0 Å². The first-order chi connectivity index (χ1) is 11.6. The van der Waals surface area contributed by atoms with Crippen LogP contribution in [-0.4, -0.2) is 19.9 Å². The zero-order valence-corrected chi connectivity index (χ0v) is 14.2. The van der Waals surface area contributed by atoms with Gasteiger partial charge in [0, 0.05) is 31.0 Å². The highest BCUT2D eigenvalue weighted by molar-refractivity contribution is 5.62. The van der Waals surface area contributed by atoms with E-state index in [4.69, 9.17) is 0 Å². The van der Waals surface area contributed by atoms with Crippen LogP contribution in [0.4, 0.5) is 0 Å². The summed E-state index contributed by atoms with van der Waals surface area (Å²) in [5.74, 6) is 0. The molecule has 2 aromatic heterocycles. The first-order valence-corrected chi connectivity index (χ1v) is 7.99. The first-order valence-electron chi connectivity index (χ1n) is 7.99. The van der Waals surface area contributed by atoms with Crippen LogP contribution in [0, 0.1) is 20.8 Å². The van der Waals surface area contributed by atoms with Gasteiger partial charge in [-0.2, -0.15) is 0 Å². The molecule has 3 aromatic rings. The number of rotatable bonds is 5. The predicted molar refractivity (Wildman–Crippen MR) is 94.3 cm³/mol. The fourth-order valence-corrected chi connectivity index (χ4v) is 2.56. The summed E-state index contributed by atoms with van der Waals surface area (Å²) >= 11 is 0. The van der Waals surface area contributed by atoms with Gasteiger partial charge in [-0.1, -0.05) is 18.2 Å². The van der Waals surface area contributed by atoms with Crippen molar-refractivity contribution >= 4 is 0 Å². The van der Waals surface area contributed by atoms with Crippen LogP contribution < -0.4 is 5.32 Å². The molecule has 0 radical (unpaired) electrons. The summed E-state index contributed by atoms with van der Waals surface area (Å²) in [6, 6.07) is 8.39. The summed E-state index contributed by atoms with van der Waals surface area (Å²) in [5, 5.41) is 3.45. The molecule has 5 heteroatoms. The highest BCUT2D eigenvalue weighted by atomic mass is 14.9. The largest absolute Gasteiger partial charge is 0.307 e. The number of benzene rings is 1. The van der Waals surface area contributed by atoms with Gasteiger partial charge in [0.2, 0.25) is 0 Å². The molecule has 1 N–H and O–H groups in total. The minimum absolute atomic E-state index is 0.707. The molecule has 1 aromatic carbocycles. The monoisotopic (exact) mass is 319 g/mol. The SMILES string of the molecule is Cc1nc(C)c(CNCc2cccc(-c3cncnc3)c2)nc1C. The Labute approximate surface area is 142 Å². The van der Waals surface area contributed by atoms with Gasteiger partial charge in [0.25, 0.3) is 0 Å². The smallest absolute Gasteiger partial charge is 0.115 e. The van der Waals surface area contributed by atoms with E-state index in [1.54, 1.807) is 6.33 Å². The Morgan fingerprint density at radius 3 is 2.38 bits per heavy atom. The van der Waals surface area contributed by atoms with E-state index in [1.165, 1.54) is 5.56 Å². The van der Waals surface area contributed by atoms with Crippen LogP contribution >= 0.6 is 0 Å². The lowest BCUT2D eigenvalue weighted by atomic mass is 10.1. The normalized spacial score (nSPS) is 10.8. The second kappa shape index (κ2) is 7.27. The van der Waals surface area contributed by atoms with Crippen molar-refractivity contribution in [1.82, 2.24) is 25.3 Å². The van der Waals surface area contributed by atoms with Crippen molar-refractivity contribution in [2.75, 3.05) is 0 Å². The summed E-state index contributed by atoms with van der Waals surface area (Å²) < 4.78 is 0. The maximum atomic E-state index is 4.63. The highest BCUT2D eigenvalue weighted by Gasteiger charge is 2.05. The molecule has 0 unspecified atom stereocenters. The third-order valence-corrected chi connectivity index (χ3v) is 4.02. The summed E-state index contributed by atoms with van der Waals surface area (Å²) in [7, 11) is 0. The molecule has 122 valence electrons. The minimum Gasteiger partial charge on any atom is -0.307 e. The molecule has 0 aliphatic heterocycles. The fraction of sp³-hybridized carbons (Fsp3) is 0.263. The van der Waals surface area contributed by atoms with Gasteiger partial charge in [-0.25, -0.2) is 9.97 Å². The molecule has 0 aliphatic carbocycles. The van der Waals surface area contributed by atoms with Gasteiger partial charge in [-0.3, -0.25) is 9.97 Å². The van der Waals surface area contributed by atoms with Crippen LogP contribution in [0.25, 0.3) is 11.1 Å². The summed E-state index contributed by atoms with van der Waals surface area (Å²) in [6.45, 7) is 7.47. The lowest BCUT2D eigenvalue weighted by Crippen LogP contribution is -2.16. The molecule has 24 heavy (non-hydrogen) atoms. The van der Waals surface area contributed by atoms with Crippen LogP contribution in [-0.2, 0) is 13.1 Å². The quantitative estimate of drug-likeness (QED) is 0.782. The standard InChI is InChI=1S/C19H21N5/c1-13-14(2)24-19(15(3)23-13)11-20-8-16-5-4-6-17(7-16)18-9-21-12-22-10-18/h4-7,9-10,12,20H,8,11H2,1-3H3. The summed E-state index contributed by atoms with van der Waals surface area (Å²) in [5.41, 5.74) is 7.34. The maximum Gasteiger partial charge on any atom is 0.115 e. The van der Waals surface area contributed by atoms with Crippen molar-refractivity contribution in [1.29, 1.82) is 0 Å². The third kappa shape index (κ3) is 3.81. The van der Waals surface area contributed by atoms with Gasteiger partial charge in [-0.05, 0) is 38.0 Å². The topological polar surface area (TPSA) is 63.6 Å². The highest BCUT2D eigenvalue weighted by Crippen LogP contribution is 2.18. The van der Waals surface area contributed by atoms with Gasteiger partial charge < -0.3 is 5.32 Å². The van der Waals surface area contributed by atoms with Crippen LogP contribution in [0.2, 0.25) is 0 Å². The van der Waals surface area contributed by atoms with E-state index in [0.717, 1.165) is 40.4 Å². The Hall–Kier alpha value is -2.66. The van der Waals surface area contributed by atoms with E-state index in [9.17, 15) is 0 Å². The summed E-state index contributed by atoms with van der Waals surface area (Å²) in [6.07, 6.45) is 5.20. The average Bonchev–Trinajstić information content (AvgIpc) is 2.60. The van der Waals surface area contributed by atoms with Crippen LogP contribution in [0.3, 0.4) is 0 Å². The second-order valence-corrected chi connectivity index (χ2v) is 5.86. The Kier molecular flexibility index (Phi) is 4.91. The number of hydrogen-bond acceptors (Lipinski definition) is 5. The number of aromatic nitrogens is 4. The maximum absolute atomic E-state index is 4.63. The number of nitrogens with one attached hydrogen (secondary N) is 1. The molecular weight excluding hydrogens is 298 g/mol. The minimum atomic E-state index is 0.707. The van der Waals surface area contributed by atoms with E-state index >= 15 is 0 Å². The molecule has 0 bridgehead atoms. The number of aryl methyl sites for hydroxylation is 3.